The predicted octanol–water partition coefficient (Wildman–Crippen LogP) is 3.63. The molecule has 0 aliphatic carbocycles. The van der Waals surface area contributed by atoms with E-state index in [0.29, 0.717) is 19.0 Å². The summed E-state index contributed by atoms with van der Waals surface area (Å²) in [7, 11) is 0. The van der Waals surface area contributed by atoms with E-state index in [1.54, 1.807) is 6.21 Å². The molecule has 4 rings (SSSR count). The number of anilines is 2. The molecule has 8 nitrogen and oxygen atoms in total. The standard InChI is InChI=1S/C27H37N5O3/c1-22-7-5-8-23(17-22)20-28-30-26-19-25(32-12-15-34-16-13-32)18-24(29-26)9-6-14-35-27(33)21-31-10-3-2-4-11-31/h5,7-8,17-20H,2-4,6,9-16,21H2,1H3,(H,29,30)/b28-20+. The molecule has 0 saturated carbocycles. The summed E-state index contributed by atoms with van der Waals surface area (Å²) in [5.74, 6) is 0.574. The van der Waals surface area contributed by atoms with Crippen molar-refractivity contribution in [3.63, 3.8) is 0 Å². The van der Waals surface area contributed by atoms with Crippen LogP contribution in [0.5, 0.6) is 0 Å². The Kier molecular flexibility index (Phi) is 9.48. The first kappa shape index (κ1) is 25.1. The molecule has 1 N–H and O–H groups in total. The Balaban J connectivity index is 1.33. The molecule has 2 aromatic rings. The molecule has 0 unspecified atom stereocenters. The van der Waals surface area contributed by atoms with E-state index in [-0.39, 0.29) is 5.97 Å². The van der Waals surface area contributed by atoms with Crippen molar-refractivity contribution in [1.29, 1.82) is 0 Å². The molecule has 0 bridgehead atoms. The summed E-state index contributed by atoms with van der Waals surface area (Å²) >= 11 is 0. The van der Waals surface area contributed by atoms with Crippen LogP contribution in [0.15, 0.2) is 41.5 Å². The molecular weight excluding hydrogens is 442 g/mol. The van der Waals surface area contributed by atoms with Crippen LogP contribution >= 0.6 is 0 Å². The molecule has 0 radical (unpaired) electrons. The molecule has 2 fully saturated rings. The average Bonchev–Trinajstić information content (AvgIpc) is 2.88. The number of likely N-dealkylation sites (tertiary alicyclic amines) is 1. The molecule has 2 aliphatic heterocycles. The van der Waals surface area contributed by atoms with Crippen LogP contribution in [-0.4, -0.2) is 74.6 Å². The van der Waals surface area contributed by atoms with Crippen LogP contribution in [0.2, 0.25) is 0 Å². The maximum Gasteiger partial charge on any atom is 0.320 e. The first-order chi connectivity index (χ1) is 17.2. The summed E-state index contributed by atoms with van der Waals surface area (Å²) in [5, 5.41) is 4.40. The van der Waals surface area contributed by atoms with E-state index in [0.717, 1.165) is 69.2 Å². The Morgan fingerprint density at radius 1 is 1.14 bits per heavy atom. The number of hydrogen-bond acceptors (Lipinski definition) is 8. The summed E-state index contributed by atoms with van der Waals surface area (Å²) in [6, 6.07) is 12.3. The second kappa shape index (κ2) is 13.2. The lowest BCUT2D eigenvalue weighted by atomic mass is 10.1. The molecule has 35 heavy (non-hydrogen) atoms. The third-order valence-corrected chi connectivity index (χ3v) is 6.32. The van der Waals surface area contributed by atoms with E-state index < -0.39 is 0 Å². The van der Waals surface area contributed by atoms with Crippen molar-refractivity contribution in [2.24, 2.45) is 5.10 Å². The minimum absolute atomic E-state index is 0.130. The molecule has 3 heterocycles. The number of esters is 1. The molecular formula is C27H37N5O3. The molecule has 8 heteroatoms. The minimum atomic E-state index is -0.130. The van der Waals surface area contributed by atoms with Crippen molar-refractivity contribution < 1.29 is 14.3 Å². The van der Waals surface area contributed by atoms with Crippen molar-refractivity contribution >= 4 is 23.7 Å². The highest BCUT2D eigenvalue weighted by molar-refractivity contribution is 5.80. The Bertz CT molecular complexity index is 985. The largest absolute Gasteiger partial charge is 0.465 e. The van der Waals surface area contributed by atoms with Gasteiger partial charge in [-0.15, -0.1) is 0 Å². The number of hydrogen-bond donors (Lipinski definition) is 1. The normalized spacial score (nSPS) is 17.0. The SMILES string of the molecule is Cc1cccc(/C=N/Nc2cc(N3CCOCC3)cc(CCCOC(=O)CN3CCCCC3)n2)c1. The summed E-state index contributed by atoms with van der Waals surface area (Å²) in [4.78, 5) is 21.4. The lowest BCUT2D eigenvalue weighted by Gasteiger charge is -2.29. The third kappa shape index (κ3) is 8.33. The summed E-state index contributed by atoms with van der Waals surface area (Å²) in [5.41, 5.74) is 7.38. The Morgan fingerprint density at radius 2 is 1.97 bits per heavy atom. The van der Waals surface area contributed by atoms with Crippen LogP contribution in [0.1, 0.15) is 42.5 Å². The number of carbonyl (C=O) groups is 1. The van der Waals surface area contributed by atoms with Crippen molar-refractivity contribution in [2.75, 3.05) is 62.9 Å². The van der Waals surface area contributed by atoms with Gasteiger partial charge in [0.2, 0.25) is 0 Å². The van der Waals surface area contributed by atoms with Gasteiger partial charge in [0.1, 0.15) is 5.82 Å². The van der Waals surface area contributed by atoms with E-state index in [1.807, 2.05) is 18.2 Å². The fourth-order valence-electron chi connectivity index (χ4n) is 4.47. The molecule has 2 saturated heterocycles. The van der Waals surface area contributed by atoms with Gasteiger partial charge in [0.05, 0.1) is 32.6 Å². The van der Waals surface area contributed by atoms with Gasteiger partial charge in [0.25, 0.3) is 0 Å². The number of hydrazone groups is 1. The van der Waals surface area contributed by atoms with Crippen LogP contribution in [-0.2, 0) is 20.7 Å². The quantitative estimate of drug-likeness (QED) is 0.241. The molecule has 0 amide bonds. The molecule has 2 aliphatic rings. The van der Waals surface area contributed by atoms with Crippen LogP contribution in [0.25, 0.3) is 0 Å². The Labute approximate surface area is 208 Å². The monoisotopic (exact) mass is 479 g/mol. The van der Waals surface area contributed by atoms with Crippen LogP contribution < -0.4 is 10.3 Å². The smallest absolute Gasteiger partial charge is 0.320 e. The maximum atomic E-state index is 12.2. The van der Waals surface area contributed by atoms with Crippen molar-refractivity contribution in [3.8, 4) is 0 Å². The van der Waals surface area contributed by atoms with Crippen molar-refractivity contribution in [1.82, 2.24) is 9.88 Å². The number of morpholine rings is 1. The van der Waals surface area contributed by atoms with E-state index in [1.165, 1.54) is 24.8 Å². The maximum absolute atomic E-state index is 12.2. The van der Waals surface area contributed by atoms with Gasteiger partial charge in [-0.25, -0.2) is 4.98 Å². The number of ether oxygens (including phenoxy) is 2. The zero-order chi connectivity index (χ0) is 24.3. The van der Waals surface area contributed by atoms with E-state index >= 15 is 0 Å². The average molecular weight is 480 g/mol. The summed E-state index contributed by atoms with van der Waals surface area (Å²) in [6.07, 6.45) is 6.87. The topological polar surface area (TPSA) is 79.3 Å². The van der Waals surface area contributed by atoms with Crippen molar-refractivity contribution in [2.45, 2.75) is 39.0 Å². The zero-order valence-electron chi connectivity index (χ0n) is 20.7. The fourth-order valence-corrected chi connectivity index (χ4v) is 4.47. The highest BCUT2D eigenvalue weighted by Crippen LogP contribution is 2.22. The number of pyridine rings is 1. The lowest BCUT2D eigenvalue weighted by molar-refractivity contribution is -0.145. The van der Waals surface area contributed by atoms with Crippen LogP contribution in [0.4, 0.5) is 11.5 Å². The Morgan fingerprint density at radius 3 is 2.77 bits per heavy atom. The molecule has 1 aromatic heterocycles. The minimum Gasteiger partial charge on any atom is -0.465 e. The number of nitrogens with zero attached hydrogens (tertiary/aromatic N) is 4. The number of benzene rings is 1. The van der Waals surface area contributed by atoms with Crippen molar-refractivity contribution in [3.05, 3.63) is 53.2 Å². The fraction of sp³-hybridized carbons (Fsp3) is 0.519. The van der Waals surface area contributed by atoms with Crippen LogP contribution in [0, 0.1) is 6.92 Å². The van der Waals surface area contributed by atoms with E-state index in [4.69, 9.17) is 14.5 Å². The molecule has 0 atom stereocenters. The summed E-state index contributed by atoms with van der Waals surface area (Å²) in [6.45, 7) is 8.01. The third-order valence-electron chi connectivity index (χ3n) is 6.32. The van der Waals surface area contributed by atoms with Gasteiger partial charge in [-0.1, -0.05) is 36.2 Å². The molecule has 1 aromatic carbocycles. The first-order valence-corrected chi connectivity index (χ1v) is 12.7. The number of aryl methyl sites for hydroxylation is 2. The highest BCUT2D eigenvalue weighted by atomic mass is 16.5. The van der Waals surface area contributed by atoms with Gasteiger partial charge in [-0.05, 0) is 57.3 Å². The summed E-state index contributed by atoms with van der Waals surface area (Å²) < 4.78 is 11.0. The Hall–Kier alpha value is -2.97. The number of nitrogens with one attached hydrogen (secondary N) is 1. The van der Waals surface area contributed by atoms with E-state index in [2.05, 4.69) is 45.4 Å². The second-order valence-corrected chi connectivity index (χ2v) is 9.25. The number of carbonyl (C=O) groups excluding carboxylic acids is 1. The van der Waals surface area contributed by atoms with Gasteiger partial charge in [-0.2, -0.15) is 5.10 Å². The number of piperidine rings is 1. The predicted molar refractivity (Wildman–Crippen MR) is 139 cm³/mol. The van der Waals surface area contributed by atoms with Gasteiger partial charge in [0, 0.05) is 30.5 Å². The number of aromatic nitrogens is 1. The van der Waals surface area contributed by atoms with Gasteiger partial charge in [-0.3, -0.25) is 15.1 Å². The lowest BCUT2D eigenvalue weighted by Crippen LogP contribution is -2.36. The van der Waals surface area contributed by atoms with Gasteiger partial charge >= 0.3 is 5.97 Å². The second-order valence-electron chi connectivity index (χ2n) is 9.25. The molecule has 188 valence electrons. The molecule has 0 spiro atoms. The van der Waals surface area contributed by atoms with Crippen LogP contribution in [0.3, 0.4) is 0 Å². The zero-order valence-corrected chi connectivity index (χ0v) is 20.7. The first-order valence-electron chi connectivity index (χ1n) is 12.7. The van der Waals surface area contributed by atoms with E-state index in [9.17, 15) is 4.79 Å². The number of rotatable bonds is 10. The highest BCUT2D eigenvalue weighted by Gasteiger charge is 2.16. The van der Waals surface area contributed by atoms with Gasteiger partial charge in [0.15, 0.2) is 0 Å². The van der Waals surface area contributed by atoms with Gasteiger partial charge < -0.3 is 14.4 Å².